The van der Waals surface area contributed by atoms with E-state index >= 15 is 0 Å². The number of hydrogen-bond acceptors (Lipinski definition) is 3. The first-order chi connectivity index (χ1) is 8.58. The van der Waals surface area contributed by atoms with Gasteiger partial charge in [0.05, 0.1) is 11.1 Å². The molecule has 4 N–H and O–H groups in total. The SMILES string of the molecule is CCOc1cc(/C=[NH+]/NC(=S)NC)cc(Br)c1O. The number of phenols is 1. The number of ether oxygens (including phenoxy) is 1. The first-order valence-corrected chi connectivity index (χ1v) is 6.50. The summed E-state index contributed by atoms with van der Waals surface area (Å²) in [6.07, 6.45) is 1.70. The fourth-order valence-electron chi connectivity index (χ4n) is 1.19. The maximum atomic E-state index is 9.75. The summed E-state index contributed by atoms with van der Waals surface area (Å²) in [5.41, 5.74) is 3.59. The number of nitrogens with one attached hydrogen (secondary N) is 3. The monoisotopic (exact) mass is 332 g/mol. The zero-order valence-electron chi connectivity index (χ0n) is 10.1. The number of halogens is 1. The summed E-state index contributed by atoms with van der Waals surface area (Å²) in [5.74, 6) is 0.517. The molecule has 1 aromatic carbocycles. The summed E-state index contributed by atoms with van der Waals surface area (Å²) in [5, 5.41) is 15.8. The van der Waals surface area contributed by atoms with Crippen LogP contribution >= 0.6 is 28.1 Å². The minimum Gasteiger partial charge on any atom is -0.503 e. The van der Waals surface area contributed by atoms with Crippen LogP contribution in [-0.2, 0) is 0 Å². The molecule has 18 heavy (non-hydrogen) atoms. The molecule has 0 aromatic heterocycles. The standard InChI is InChI=1S/C11H14BrN3O2S/c1-3-17-9-5-7(4-8(12)10(9)16)6-14-15-11(18)13-2/h4-6,16H,3H2,1-2H3,(H2,13,15,18)/p+1/b14-6+. The molecule has 1 rings (SSSR count). The lowest BCUT2D eigenvalue weighted by molar-refractivity contribution is -0.500. The molecule has 0 bridgehead atoms. The highest BCUT2D eigenvalue weighted by Crippen LogP contribution is 2.34. The number of phenolic OH excluding ortho intramolecular Hbond substituents is 1. The van der Waals surface area contributed by atoms with Crippen molar-refractivity contribution in [3.05, 3.63) is 22.2 Å². The first kappa shape index (κ1) is 14.7. The molecule has 0 radical (unpaired) electrons. The van der Waals surface area contributed by atoms with Gasteiger partial charge in [0.25, 0.3) is 0 Å². The Hall–Kier alpha value is -1.34. The van der Waals surface area contributed by atoms with Crippen LogP contribution in [0.3, 0.4) is 0 Å². The molecule has 0 saturated heterocycles. The number of rotatable bonds is 4. The Morgan fingerprint density at radius 3 is 2.94 bits per heavy atom. The van der Waals surface area contributed by atoms with Crippen LogP contribution in [0.25, 0.3) is 0 Å². The van der Waals surface area contributed by atoms with Crippen molar-refractivity contribution in [2.24, 2.45) is 0 Å². The minimum absolute atomic E-state index is 0.0905. The van der Waals surface area contributed by atoms with Gasteiger partial charge in [0.15, 0.2) is 17.7 Å². The maximum absolute atomic E-state index is 9.75. The van der Waals surface area contributed by atoms with Crippen LogP contribution in [0, 0.1) is 0 Å². The topological polar surface area (TPSA) is 67.5 Å². The van der Waals surface area contributed by atoms with Crippen LogP contribution in [0.5, 0.6) is 11.5 Å². The molecule has 0 unspecified atom stereocenters. The number of benzene rings is 1. The van der Waals surface area contributed by atoms with Crippen LogP contribution < -0.4 is 20.6 Å². The third-order valence-corrected chi connectivity index (χ3v) is 2.91. The molecular formula is C11H15BrN3O2S+. The maximum Gasteiger partial charge on any atom is 0.223 e. The third-order valence-electron chi connectivity index (χ3n) is 2.00. The van der Waals surface area contributed by atoms with Crippen molar-refractivity contribution >= 4 is 39.5 Å². The average molecular weight is 333 g/mol. The predicted octanol–water partition coefficient (Wildman–Crippen LogP) is 0.0618. The highest BCUT2D eigenvalue weighted by Gasteiger charge is 2.09. The number of hydrazine groups is 1. The summed E-state index contributed by atoms with van der Waals surface area (Å²) >= 11 is 8.17. The van der Waals surface area contributed by atoms with Gasteiger partial charge in [-0.05, 0) is 47.2 Å². The smallest absolute Gasteiger partial charge is 0.223 e. The third kappa shape index (κ3) is 4.15. The molecular weight excluding hydrogens is 318 g/mol. The summed E-state index contributed by atoms with van der Waals surface area (Å²) in [7, 11) is 1.72. The van der Waals surface area contributed by atoms with Crippen LogP contribution in [0.4, 0.5) is 0 Å². The second-order valence-corrected chi connectivity index (χ2v) is 4.54. The Bertz CT molecular complexity index is 466. The Morgan fingerprint density at radius 1 is 1.61 bits per heavy atom. The molecule has 0 aliphatic rings. The highest BCUT2D eigenvalue weighted by atomic mass is 79.9. The van der Waals surface area contributed by atoms with Gasteiger partial charge >= 0.3 is 0 Å². The molecule has 0 heterocycles. The van der Waals surface area contributed by atoms with Gasteiger partial charge in [0, 0.05) is 12.6 Å². The molecule has 98 valence electrons. The van der Waals surface area contributed by atoms with Gasteiger partial charge in [0.1, 0.15) is 0 Å². The van der Waals surface area contributed by atoms with Gasteiger partial charge < -0.3 is 15.2 Å². The zero-order chi connectivity index (χ0) is 13.5. The number of aromatic hydroxyl groups is 1. The summed E-state index contributed by atoms with van der Waals surface area (Å²) in [6.45, 7) is 2.34. The molecule has 0 amide bonds. The van der Waals surface area contributed by atoms with Crippen molar-refractivity contribution in [2.45, 2.75) is 6.92 Å². The van der Waals surface area contributed by atoms with Gasteiger partial charge in [-0.1, -0.05) is 0 Å². The Kier molecular flexibility index (Phi) is 5.87. The van der Waals surface area contributed by atoms with Crippen molar-refractivity contribution in [3.8, 4) is 11.5 Å². The number of thiocarbonyl (C=S) groups is 1. The van der Waals surface area contributed by atoms with Gasteiger partial charge in [-0.25, -0.2) is 0 Å². The van der Waals surface area contributed by atoms with E-state index in [1.54, 1.807) is 25.4 Å². The fourth-order valence-corrected chi connectivity index (χ4v) is 1.71. The van der Waals surface area contributed by atoms with E-state index < -0.39 is 0 Å². The van der Waals surface area contributed by atoms with E-state index in [0.29, 0.717) is 21.9 Å². The van der Waals surface area contributed by atoms with E-state index in [0.717, 1.165) is 5.56 Å². The molecule has 5 nitrogen and oxygen atoms in total. The molecule has 0 aliphatic heterocycles. The molecule has 0 saturated carbocycles. The van der Waals surface area contributed by atoms with Crippen LogP contribution in [0.1, 0.15) is 12.5 Å². The van der Waals surface area contributed by atoms with Crippen molar-refractivity contribution < 1.29 is 14.9 Å². The molecule has 0 fully saturated rings. The number of hydrazone groups is 1. The largest absolute Gasteiger partial charge is 0.503 e. The Labute approximate surface area is 119 Å². The quantitative estimate of drug-likeness (QED) is 0.357. The van der Waals surface area contributed by atoms with E-state index in [-0.39, 0.29) is 5.75 Å². The van der Waals surface area contributed by atoms with E-state index in [1.807, 2.05) is 6.92 Å². The van der Waals surface area contributed by atoms with Crippen LogP contribution in [-0.4, -0.2) is 30.1 Å². The molecule has 0 atom stereocenters. The van der Waals surface area contributed by atoms with E-state index in [9.17, 15) is 5.11 Å². The molecule has 0 aliphatic carbocycles. The summed E-state index contributed by atoms with van der Waals surface area (Å²) in [6, 6.07) is 3.48. The lowest BCUT2D eigenvalue weighted by Gasteiger charge is -2.07. The second-order valence-electron chi connectivity index (χ2n) is 3.28. The number of hydrogen-bond donors (Lipinski definition) is 4. The summed E-state index contributed by atoms with van der Waals surface area (Å²) < 4.78 is 5.89. The first-order valence-electron chi connectivity index (χ1n) is 5.30. The van der Waals surface area contributed by atoms with Gasteiger partial charge in [-0.15, -0.1) is 10.5 Å². The van der Waals surface area contributed by atoms with Crippen molar-refractivity contribution in [1.29, 1.82) is 0 Å². The van der Waals surface area contributed by atoms with Crippen molar-refractivity contribution in [2.75, 3.05) is 13.7 Å². The minimum atomic E-state index is 0.0905. The lowest BCUT2D eigenvalue weighted by Crippen LogP contribution is -2.82. The predicted molar refractivity (Wildman–Crippen MR) is 77.9 cm³/mol. The molecule has 1 aromatic rings. The van der Waals surface area contributed by atoms with Crippen molar-refractivity contribution in [3.63, 3.8) is 0 Å². The van der Waals surface area contributed by atoms with Crippen LogP contribution in [0.15, 0.2) is 16.6 Å². The van der Waals surface area contributed by atoms with Crippen LogP contribution in [0.2, 0.25) is 0 Å². The second kappa shape index (κ2) is 7.17. The van der Waals surface area contributed by atoms with Gasteiger partial charge in [0.2, 0.25) is 5.11 Å². The molecule has 7 heteroatoms. The summed E-state index contributed by atoms with van der Waals surface area (Å²) in [4.78, 5) is 0. The molecule has 0 spiro atoms. The van der Waals surface area contributed by atoms with E-state index in [4.69, 9.17) is 17.0 Å². The zero-order valence-corrected chi connectivity index (χ0v) is 12.5. The Morgan fingerprint density at radius 2 is 2.33 bits per heavy atom. The van der Waals surface area contributed by atoms with Crippen molar-refractivity contribution in [1.82, 2.24) is 10.7 Å². The lowest BCUT2D eigenvalue weighted by atomic mass is 10.2. The van der Waals surface area contributed by atoms with Gasteiger partial charge in [-0.3, -0.25) is 0 Å². The average Bonchev–Trinajstić information content (AvgIpc) is 2.35. The Balaban J connectivity index is 2.86. The highest BCUT2D eigenvalue weighted by molar-refractivity contribution is 9.10. The fraction of sp³-hybridized carbons (Fsp3) is 0.273. The van der Waals surface area contributed by atoms with E-state index in [2.05, 4.69) is 31.8 Å². The van der Waals surface area contributed by atoms with Gasteiger partial charge in [-0.2, -0.15) is 0 Å². The normalized spacial score (nSPS) is 10.4. The van der Waals surface area contributed by atoms with E-state index in [1.165, 1.54) is 0 Å².